The maximum atomic E-state index is 4.58. The van der Waals surface area contributed by atoms with Gasteiger partial charge in [0.25, 0.3) is 0 Å². The van der Waals surface area contributed by atoms with E-state index in [-0.39, 0.29) is 11.6 Å². The van der Waals surface area contributed by atoms with Crippen LogP contribution in [0.2, 0.25) is 0 Å². The molecule has 0 atom stereocenters. The lowest BCUT2D eigenvalue weighted by Crippen LogP contribution is -2.26. The second-order valence-electron chi connectivity index (χ2n) is 1.59. The predicted octanol–water partition coefficient (Wildman–Crippen LogP) is 0.368. The van der Waals surface area contributed by atoms with Crippen LogP contribution in [0.5, 0.6) is 0 Å². The quantitative estimate of drug-likeness (QED) is 0.440. The van der Waals surface area contributed by atoms with Crippen LogP contribution in [0, 0.1) is 0 Å². The monoisotopic (exact) mass is 170 g/mol. The van der Waals surface area contributed by atoms with Gasteiger partial charge in [-0.25, -0.2) is 0 Å². The smallest absolute Gasteiger partial charge is 0.0189 e. The standard InChI is InChI=1S/C4H9NS2.H3N.H2O/c1-3(2)5-4(6)7;;/h3H,1-2H3,(H2,5,6,7);1H3;1H2. The molecule has 0 fully saturated rings. The van der Waals surface area contributed by atoms with Crippen molar-refractivity contribution in [1.29, 1.82) is 0 Å². The molecule has 0 aliphatic carbocycles. The Morgan fingerprint density at radius 1 is 1.56 bits per heavy atom. The van der Waals surface area contributed by atoms with Gasteiger partial charge in [-0.15, -0.1) is 0 Å². The summed E-state index contributed by atoms with van der Waals surface area (Å²) in [4.78, 5) is 0. The van der Waals surface area contributed by atoms with E-state index in [1.807, 2.05) is 13.8 Å². The largest absolute Gasteiger partial charge is 0.412 e. The molecule has 58 valence electrons. The molecular formula is C4H14N2OS2. The Bertz CT molecular complexity index is 77.0. The van der Waals surface area contributed by atoms with Crippen molar-refractivity contribution in [3.63, 3.8) is 0 Å². The molecule has 7 N–H and O–H groups in total. The van der Waals surface area contributed by atoms with E-state index in [1.165, 1.54) is 0 Å². The highest BCUT2D eigenvalue weighted by atomic mass is 32.1. The van der Waals surface area contributed by atoms with Gasteiger partial charge in [0, 0.05) is 6.04 Å². The zero-order valence-corrected chi connectivity index (χ0v) is 7.53. The first-order chi connectivity index (χ1) is 3.13. The molecule has 0 aromatic heterocycles. The number of hydrogen-bond acceptors (Lipinski definition) is 2. The van der Waals surface area contributed by atoms with Crippen molar-refractivity contribution in [2.24, 2.45) is 0 Å². The maximum Gasteiger partial charge on any atom is 0.0189 e. The third-order valence-electron chi connectivity index (χ3n) is 0.407. The normalized spacial score (nSPS) is 7.00. The van der Waals surface area contributed by atoms with E-state index in [1.54, 1.807) is 0 Å². The van der Waals surface area contributed by atoms with E-state index in [0.29, 0.717) is 10.4 Å². The van der Waals surface area contributed by atoms with E-state index in [2.05, 4.69) is 30.2 Å². The molecular weight excluding hydrogens is 156 g/mol. The van der Waals surface area contributed by atoms with Gasteiger partial charge in [0.1, 0.15) is 0 Å². The molecule has 0 aromatic rings. The van der Waals surface area contributed by atoms with Crippen LogP contribution >= 0.6 is 12.2 Å². The van der Waals surface area contributed by atoms with Crippen LogP contribution in [-0.2, 0) is 12.6 Å². The van der Waals surface area contributed by atoms with E-state index in [9.17, 15) is 0 Å². The third kappa shape index (κ3) is 18.0. The summed E-state index contributed by atoms with van der Waals surface area (Å²) in [6.45, 7) is 4.00. The summed E-state index contributed by atoms with van der Waals surface area (Å²) in [5, 5.41) is 2.85. The maximum absolute atomic E-state index is 4.58. The highest BCUT2D eigenvalue weighted by Gasteiger charge is 1.82. The van der Waals surface area contributed by atoms with Crippen molar-refractivity contribution in [2.75, 3.05) is 0 Å². The van der Waals surface area contributed by atoms with E-state index in [4.69, 9.17) is 0 Å². The number of hydrogen-bond donors (Lipinski definition) is 2. The van der Waals surface area contributed by atoms with Crippen LogP contribution in [0.3, 0.4) is 0 Å². The number of thiocarbonyl (C=S) groups is 1. The zero-order chi connectivity index (χ0) is 5.86. The Labute approximate surface area is 66.5 Å². The average Bonchev–Trinajstić information content (AvgIpc) is 1.27. The molecule has 0 spiro atoms. The fourth-order valence-corrected chi connectivity index (χ4v) is 0.707. The third-order valence-corrected chi connectivity index (χ3v) is 0.642. The highest BCUT2D eigenvalue weighted by molar-refractivity contribution is 8.00. The lowest BCUT2D eigenvalue weighted by atomic mass is 10.4. The fourth-order valence-electron chi connectivity index (χ4n) is 0.236. The van der Waals surface area contributed by atoms with Gasteiger partial charge in [-0.05, 0) is 13.8 Å². The van der Waals surface area contributed by atoms with Gasteiger partial charge in [0.05, 0.1) is 0 Å². The van der Waals surface area contributed by atoms with Crippen LogP contribution in [0.1, 0.15) is 13.8 Å². The number of rotatable bonds is 1. The van der Waals surface area contributed by atoms with Crippen LogP contribution in [0.25, 0.3) is 0 Å². The number of nitrogens with one attached hydrogen (secondary N) is 1. The van der Waals surface area contributed by atoms with Gasteiger partial charge < -0.3 is 41.8 Å². The minimum Gasteiger partial charge on any atom is -0.412 e. The average molecular weight is 170 g/mol. The lowest BCUT2D eigenvalue weighted by Gasteiger charge is -2.11. The minimum absolute atomic E-state index is 0. The van der Waals surface area contributed by atoms with E-state index < -0.39 is 0 Å². The first kappa shape index (κ1) is 16.0. The molecule has 0 aliphatic heterocycles. The summed E-state index contributed by atoms with van der Waals surface area (Å²) >= 11 is 9.15. The molecule has 0 aromatic carbocycles. The molecule has 0 unspecified atom stereocenters. The summed E-state index contributed by atoms with van der Waals surface area (Å²) < 4.78 is 0.454. The van der Waals surface area contributed by atoms with Crippen LogP contribution in [0.4, 0.5) is 0 Å². The summed E-state index contributed by atoms with van der Waals surface area (Å²) in [6.07, 6.45) is 0. The van der Waals surface area contributed by atoms with Crippen LogP contribution in [-0.4, -0.2) is 15.8 Å². The fraction of sp³-hybridized carbons (Fsp3) is 0.750. The van der Waals surface area contributed by atoms with Crippen LogP contribution in [0.15, 0.2) is 0 Å². The Kier molecular flexibility index (Phi) is 14.3. The Balaban J connectivity index is -0.000000180. The van der Waals surface area contributed by atoms with Crippen molar-refractivity contribution < 1.29 is 5.48 Å². The first-order valence-corrected chi connectivity index (χ1v) is 2.92. The molecule has 0 aliphatic rings. The minimum atomic E-state index is 0. The van der Waals surface area contributed by atoms with Gasteiger partial charge in [-0.2, -0.15) is 0 Å². The van der Waals surface area contributed by atoms with Crippen LogP contribution < -0.4 is 11.5 Å². The second-order valence-corrected chi connectivity index (χ2v) is 2.66. The Morgan fingerprint density at radius 3 is 1.89 bits per heavy atom. The molecule has 0 rings (SSSR count). The van der Waals surface area contributed by atoms with E-state index in [0.717, 1.165) is 0 Å². The molecule has 0 radical (unpaired) electrons. The molecule has 0 saturated heterocycles. The van der Waals surface area contributed by atoms with E-state index >= 15 is 0 Å². The molecule has 5 heteroatoms. The van der Waals surface area contributed by atoms with Gasteiger partial charge in [-0.3, -0.25) is 0 Å². The predicted molar refractivity (Wildman–Crippen MR) is 47.8 cm³/mol. The molecule has 3 nitrogen and oxygen atoms in total. The molecule has 0 amide bonds. The SMILES string of the molecule is CC(C)NC(=S)[S-].O.[NH4+]. The highest BCUT2D eigenvalue weighted by Crippen LogP contribution is 1.75. The summed E-state index contributed by atoms with van der Waals surface area (Å²) in [7, 11) is 0. The number of quaternary nitrogens is 1. The van der Waals surface area contributed by atoms with Crippen molar-refractivity contribution in [3.05, 3.63) is 0 Å². The van der Waals surface area contributed by atoms with Crippen molar-refractivity contribution in [1.82, 2.24) is 11.5 Å². The zero-order valence-electron chi connectivity index (χ0n) is 5.89. The second kappa shape index (κ2) is 8.03. The molecule has 0 saturated carbocycles. The molecule has 9 heavy (non-hydrogen) atoms. The summed E-state index contributed by atoms with van der Waals surface area (Å²) in [5.74, 6) is 0. The Hall–Kier alpha value is 0.0300. The van der Waals surface area contributed by atoms with Gasteiger partial charge in [0.15, 0.2) is 0 Å². The lowest BCUT2D eigenvalue weighted by molar-refractivity contribution is 0.747. The van der Waals surface area contributed by atoms with Crippen molar-refractivity contribution in [2.45, 2.75) is 19.9 Å². The van der Waals surface area contributed by atoms with Crippen molar-refractivity contribution in [3.8, 4) is 0 Å². The van der Waals surface area contributed by atoms with Gasteiger partial charge >= 0.3 is 0 Å². The Morgan fingerprint density at radius 2 is 1.89 bits per heavy atom. The van der Waals surface area contributed by atoms with Gasteiger partial charge in [-0.1, -0.05) is 4.32 Å². The molecule has 0 bridgehead atoms. The first-order valence-electron chi connectivity index (χ1n) is 2.10. The van der Waals surface area contributed by atoms with Crippen molar-refractivity contribution >= 4 is 29.2 Å². The topological polar surface area (TPSA) is 80.0 Å². The summed E-state index contributed by atoms with van der Waals surface area (Å²) in [5.41, 5.74) is 0. The summed E-state index contributed by atoms with van der Waals surface area (Å²) in [6, 6.07) is 0.380. The molecule has 0 heterocycles. The van der Waals surface area contributed by atoms with Gasteiger partial charge in [0.2, 0.25) is 0 Å².